The molecule has 8 heteroatoms. The highest BCUT2D eigenvalue weighted by Gasteiger charge is 2.32. The number of nitrogens with zero attached hydrogens (tertiary/aromatic N) is 5. The van der Waals surface area contributed by atoms with Gasteiger partial charge in [0.05, 0.1) is 0 Å². The Balaban J connectivity index is 1.56. The van der Waals surface area contributed by atoms with Crippen LogP contribution in [0, 0.1) is 5.92 Å². The predicted molar refractivity (Wildman–Crippen MR) is 109 cm³/mol. The standard InChI is InChI=1S/C21H30N6O2/c1-2-3-7-12-22-20(28)18-10-13-26(14-11-18)21(29)19(27-16-23-24-25-27)15-17-8-5-4-6-9-17/h4-6,8-9,16,18-19H,2-3,7,10-15H2,1H3,(H,22,28)/t19-/m0/s1. The van der Waals surface area contributed by atoms with Crippen molar-refractivity contribution in [1.82, 2.24) is 30.4 Å². The highest BCUT2D eigenvalue weighted by atomic mass is 16.2. The first-order valence-corrected chi connectivity index (χ1v) is 10.5. The van der Waals surface area contributed by atoms with E-state index in [0.29, 0.717) is 32.4 Å². The van der Waals surface area contributed by atoms with Crippen LogP contribution in [0.15, 0.2) is 36.7 Å². The molecule has 2 amide bonds. The van der Waals surface area contributed by atoms with Crippen LogP contribution in [0.5, 0.6) is 0 Å². The molecule has 29 heavy (non-hydrogen) atoms. The molecule has 2 aromatic rings. The fraction of sp³-hybridized carbons (Fsp3) is 0.571. The molecule has 0 radical (unpaired) electrons. The number of carbonyl (C=O) groups is 2. The third-order valence-corrected chi connectivity index (χ3v) is 5.50. The van der Waals surface area contributed by atoms with Gasteiger partial charge >= 0.3 is 0 Å². The van der Waals surface area contributed by atoms with Gasteiger partial charge in [-0.3, -0.25) is 9.59 Å². The normalized spacial score (nSPS) is 15.8. The summed E-state index contributed by atoms with van der Waals surface area (Å²) in [6.45, 7) is 4.05. The van der Waals surface area contributed by atoms with E-state index in [-0.39, 0.29) is 17.7 Å². The molecule has 0 bridgehead atoms. The second kappa shape index (κ2) is 10.7. The number of carbonyl (C=O) groups excluding carboxylic acids is 2. The number of amides is 2. The van der Waals surface area contributed by atoms with Gasteiger partial charge < -0.3 is 10.2 Å². The number of piperidine rings is 1. The molecule has 0 saturated carbocycles. The van der Waals surface area contributed by atoms with Gasteiger partial charge in [-0.1, -0.05) is 50.1 Å². The van der Waals surface area contributed by atoms with Crippen LogP contribution < -0.4 is 5.32 Å². The van der Waals surface area contributed by atoms with Crippen molar-refractivity contribution in [1.29, 1.82) is 0 Å². The second-order valence-corrected chi connectivity index (χ2v) is 7.59. The monoisotopic (exact) mass is 398 g/mol. The molecule has 8 nitrogen and oxygen atoms in total. The summed E-state index contributed by atoms with van der Waals surface area (Å²) in [5, 5.41) is 14.4. The SMILES string of the molecule is CCCCCNC(=O)C1CCN(C(=O)[C@H](Cc2ccccc2)n2cnnn2)CC1. The molecule has 1 aliphatic rings. The van der Waals surface area contributed by atoms with Gasteiger partial charge in [0.15, 0.2) is 0 Å². The van der Waals surface area contributed by atoms with Gasteiger partial charge in [-0.05, 0) is 35.3 Å². The number of unbranched alkanes of at least 4 members (excludes halogenated alkanes) is 2. The van der Waals surface area contributed by atoms with Crippen molar-refractivity contribution in [2.45, 2.75) is 51.5 Å². The van der Waals surface area contributed by atoms with E-state index in [1.165, 1.54) is 11.0 Å². The summed E-state index contributed by atoms with van der Waals surface area (Å²) in [5.41, 5.74) is 1.06. The van der Waals surface area contributed by atoms with Gasteiger partial charge in [-0.2, -0.15) is 0 Å². The van der Waals surface area contributed by atoms with E-state index in [2.05, 4.69) is 27.8 Å². The van der Waals surface area contributed by atoms with Crippen LogP contribution in [-0.4, -0.2) is 56.6 Å². The molecule has 1 aliphatic heterocycles. The van der Waals surface area contributed by atoms with Crippen molar-refractivity contribution in [2.75, 3.05) is 19.6 Å². The fourth-order valence-electron chi connectivity index (χ4n) is 3.75. The van der Waals surface area contributed by atoms with Gasteiger partial charge in [0.1, 0.15) is 12.4 Å². The maximum atomic E-state index is 13.2. The second-order valence-electron chi connectivity index (χ2n) is 7.59. The smallest absolute Gasteiger partial charge is 0.247 e. The molecule has 1 aromatic carbocycles. The Hall–Kier alpha value is -2.77. The number of rotatable bonds is 9. The van der Waals surface area contributed by atoms with Gasteiger partial charge in [0, 0.05) is 32.0 Å². The predicted octanol–water partition coefficient (Wildman–Crippen LogP) is 2.00. The van der Waals surface area contributed by atoms with Crippen LogP contribution in [0.1, 0.15) is 50.6 Å². The summed E-state index contributed by atoms with van der Waals surface area (Å²) in [7, 11) is 0. The van der Waals surface area contributed by atoms with Crippen LogP contribution in [0.3, 0.4) is 0 Å². The lowest BCUT2D eigenvalue weighted by molar-refractivity contribution is -0.138. The average molecular weight is 399 g/mol. The molecule has 0 unspecified atom stereocenters. The Kier molecular flexibility index (Phi) is 7.72. The molecule has 2 heterocycles. The summed E-state index contributed by atoms with van der Waals surface area (Å²) in [6, 6.07) is 9.39. The minimum Gasteiger partial charge on any atom is -0.356 e. The molecular weight excluding hydrogens is 368 g/mol. The highest BCUT2D eigenvalue weighted by Crippen LogP contribution is 2.22. The molecule has 1 saturated heterocycles. The summed E-state index contributed by atoms with van der Waals surface area (Å²) in [5.74, 6) is 0.110. The molecule has 1 fully saturated rings. The molecule has 1 N–H and O–H groups in total. The zero-order valence-electron chi connectivity index (χ0n) is 17.0. The lowest BCUT2D eigenvalue weighted by Gasteiger charge is -2.33. The summed E-state index contributed by atoms with van der Waals surface area (Å²) in [6.07, 6.45) is 6.70. The summed E-state index contributed by atoms with van der Waals surface area (Å²) in [4.78, 5) is 27.4. The van der Waals surface area contributed by atoms with Gasteiger partial charge in [0.25, 0.3) is 0 Å². The van der Waals surface area contributed by atoms with Gasteiger partial charge in [0.2, 0.25) is 11.8 Å². The van der Waals surface area contributed by atoms with Crippen LogP contribution >= 0.6 is 0 Å². The van der Waals surface area contributed by atoms with E-state index in [1.807, 2.05) is 35.2 Å². The number of hydrogen-bond donors (Lipinski definition) is 1. The Morgan fingerprint density at radius 2 is 1.93 bits per heavy atom. The third-order valence-electron chi connectivity index (χ3n) is 5.50. The van der Waals surface area contributed by atoms with E-state index in [1.54, 1.807) is 0 Å². The quantitative estimate of drug-likeness (QED) is 0.652. The Morgan fingerprint density at radius 1 is 1.17 bits per heavy atom. The zero-order valence-corrected chi connectivity index (χ0v) is 17.0. The van der Waals surface area contributed by atoms with Crippen molar-refractivity contribution >= 4 is 11.8 Å². The first-order valence-electron chi connectivity index (χ1n) is 10.5. The van der Waals surface area contributed by atoms with Crippen molar-refractivity contribution in [3.8, 4) is 0 Å². The minimum atomic E-state index is -0.480. The van der Waals surface area contributed by atoms with E-state index < -0.39 is 6.04 Å². The lowest BCUT2D eigenvalue weighted by atomic mass is 9.94. The van der Waals surface area contributed by atoms with Crippen LogP contribution in [0.25, 0.3) is 0 Å². The number of hydrogen-bond acceptors (Lipinski definition) is 5. The zero-order chi connectivity index (χ0) is 20.5. The summed E-state index contributed by atoms with van der Waals surface area (Å²) < 4.78 is 1.53. The van der Waals surface area contributed by atoms with Crippen molar-refractivity contribution in [2.24, 2.45) is 5.92 Å². The topological polar surface area (TPSA) is 93.0 Å². The molecule has 156 valence electrons. The number of aromatic nitrogens is 4. The number of benzene rings is 1. The maximum absolute atomic E-state index is 13.2. The largest absolute Gasteiger partial charge is 0.356 e. The Bertz CT molecular complexity index is 757. The maximum Gasteiger partial charge on any atom is 0.247 e. The molecule has 1 atom stereocenters. The summed E-state index contributed by atoms with van der Waals surface area (Å²) >= 11 is 0. The third kappa shape index (κ3) is 5.85. The Morgan fingerprint density at radius 3 is 2.59 bits per heavy atom. The van der Waals surface area contributed by atoms with Crippen LogP contribution in [0.2, 0.25) is 0 Å². The average Bonchev–Trinajstić information content (AvgIpc) is 3.30. The van der Waals surface area contributed by atoms with E-state index in [0.717, 1.165) is 31.4 Å². The molecule has 1 aromatic heterocycles. The molecule has 0 aliphatic carbocycles. The van der Waals surface area contributed by atoms with Gasteiger partial charge in [-0.15, -0.1) is 5.10 Å². The van der Waals surface area contributed by atoms with E-state index in [4.69, 9.17) is 0 Å². The highest BCUT2D eigenvalue weighted by molar-refractivity contribution is 5.82. The Labute approximate surface area is 171 Å². The first kappa shape index (κ1) is 21.0. The minimum absolute atomic E-state index is 0.00274. The van der Waals surface area contributed by atoms with Crippen LogP contribution in [0.4, 0.5) is 0 Å². The molecular formula is C21H30N6O2. The van der Waals surface area contributed by atoms with Crippen LogP contribution in [-0.2, 0) is 16.0 Å². The molecule has 3 rings (SSSR count). The van der Waals surface area contributed by atoms with Crippen molar-refractivity contribution in [3.05, 3.63) is 42.2 Å². The van der Waals surface area contributed by atoms with Gasteiger partial charge in [-0.25, -0.2) is 4.68 Å². The van der Waals surface area contributed by atoms with E-state index >= 15 is 0 Å². The fourth-order valence-corrected chi connectivity index (χ4v) is 3.75. The number of tetrazole rings is 1. The molecule has 0 spiro atoms. The lowest BCUT2D eigenvalue weighted by Crippen LogP contribution is -2.46. The van der Waals surface area contributed by atoms with Crippen molar-refractivity contribution < 1.29 is 9.59 Å². The van der Waals surface area contributed by atoms with Crippen molar-refractivity contribution in [3.63, 3.8) is 0 Å². The number of nitrogens with one attached hydrogen (secondary N) is 1. The first-order chi connectivity index (χ1) is 14.2. The number of likely N-dealkylation sites (tertiary alicyclic amines) is 1. The van der Waals surface area contributed by atoms with E-state index in [9.17, 15) is 9.59 Å².